The quantitative estimate of drug-likeness (QED) is 0.192. The van der Waals surface area contributed by atoms with E-state index in [1.807, 2.05) is 13.8 Å². The molecule has 2 aliphatic heterocycles. The molecule has 0 radical (unpaired) electrons. The van der Waals surface area contributed by atoms with Crippen LogP contribution in [0.25, 0.3) is 0 Å². The summed E-state index contributed by atoms with van der Waals surface area (Å²) < 4.78 is 38.9. The number of hydrogen-bond acceptors (Lipinski definition) is 13. The van der Waals surface area contributed by atoms with Crippen molar-refractivity contribution in [2.75, 3.05) is 27.4 Å². The van der Waals surface area contributed by atoms with Gasteiger partial charge in [0.2, 0.25) is 0 Å². The molecular weight excluding hydrogens is 487 g/mol. The Balaban J connectivity index is 2.15. The van der Waals surface area contributed by atoms with Crippen molar-refractivity contribution in [2.24, 2.45) is 16.6 Å². The minimum atomic E-state index is -4.34. The lowest BCUT2D eigenvalue weighted by Gasteiger charge is -2.30. The standard InChI is InChI=1S/C20H33N4O10P/c1-11(2)8-13(20(28)31-5)23-35(29,33-10-16(25)30-4)32-9-14-17(26)18(27)19(34-14)24-7-6-15(21)22-12(24)3/h6-7,11,13-14,17-19,26-27H,3,8-10H2,1-2,4-5H3,(H2,21,22)(H,23,29)/t13-,14+,17-,18?,19+,35?/m0/s1. The Morgan fingerprint density at radius 3 is 2.54 bits per heavy atom. The van der Waals surface area contributed by atoms with Crippen molar-refractivity contribution in [3.8, 4) is 0 Å². The van der Waals surface area contributed by atoms with Gasteiger partial charge in [0.25, 0.3) is 0 Å². The number of ether oxygens (including phenoxy) is 3. The Bertz CT molecular complexity index is 895. The number of nitrogens with one attached hydrogen (secondary N) is 1. The van der Waals surface area contributed by atoms with Gasteiger partial charge < -0.3 is 35.1 Å². The molecule has 35 heavy (non-hydrogen) atoms. The van der Waals surface area contributed by atoms with E-state index in [1.54, 1.807) is 0 Å². The van der Waals surface area contributed by atoms with Crippen LogP contribution in [-0.4, -0.2) is 90.9 Å². The molecule has 198 valence electrons. The van der Waals surface area contributed by atoms with E-state index in [2.05, 4.69) is 21.4 Å². The number of amidine groups is 1. The molecule has 6 atom stereocenters. The molecule has 2 aliphatic rings. The first-order valence-corrected chi connectivity index (χ1v) is 12.3. The van der Waals surface area contributed by atoms with Gasteiger partial charge in [-0.25, -0.2) is 19.4 Å². The number of aliphatic imine (C=N–C) groups is 1. The summed E-state index contributed by atoms with van der Waals surface area (Å²) in [4.78, 5) is 29.1. The predicted octanol–water partition coefficient (Wildman–Crippen LogP) is -0.418. The number of aliphatic hydroxyl groups is 2. The van der Waals surface area contributed by atoms with Crippen LogP contribution in [0.15, 0.2) is 29.7 Å². The molecule has 0 bridgehead atoms. The number of nitrogens with zero attached hydrogens (tertiary/aromatic N) is 2. The normalized spacial score (nSPS) is 26.9. The molecule has 2 heterocycles. The molecular formula is C20H33N4O10P. The largest absolute Gasteiger partial charge is 0.468 e. The highest BCUT2D eigenvalue weighted by Crippen LogP contribution is 2.46. The predicted molar refractivity (Wildman–Crippen MR) is 122 cm³/mol. The van der Waals surface area contributed by atoms with Crippen LogP contribution in [0.1, 0.15) is 20.3 Å². The third-order valence-corrected chi connectivity index (χ3v) is 6.65. The Kier molecular flexibility index (Phi) is 10.4. The van der Waals surface area contributed by atoms with Crippen molar-refractivity contribution < 1.29 is 47.6 Å². The summed E-state index contributed by atoms with van der Waals surface area (Å²) in [6, 6.07) is -1.08. The van der Waals surface area contributed by atoms with Crippen molar-refractivity contribution in [3.05, 3.63) is 24.7 Å². The molecule has 0 amide bonds. The molecule has 14 nitrogen and oxygen atoms in total. The molecule has 0 saturated carbocycles. The first-order valence-electron chi connectivity index (χ1n) is 10.7. The van der Waals surface area contributed by atoms with Crippen LogP contribution in [0.5, 0.6) is 0 Å². The molecule has 0 aromatic heterocycles. The average Bonchev–Trinajstić information content (AvgIpc) is 3.08. The van der Waals surface area contributed by atoms with Crippen LogP contribution in [0, 0.1) is 5.92 Å². The van der Waals surface area contributed by atoms with E-state index in [1.165, 1.54) is 24.3 Å². The number of carbonyl (C=O) groups excluding carboxylic acids is 2. The smallest absolute Gasteiger partial charge is 0.406 e. The summed E-state index contributed by atoms with van der Waals surface area (Å²) in [6.07, 6.45) is -1.96. The van der Waals surface area contributed by atoms with Crippen LogP contribution in [0.3, 0.4) is 0 Å². The van der Waals surface area contributed by atoms with E-state index in [0.29, 0.717) is 0 Å². The van der Waals surface area contributed by atoms with Gasteiger partial charge in [-0.3, -0.25) is 13.8 Å². The van der Waals surface area contributed by atoms with Gasteiger partial charge in [-0.05, 0) is 18.4 Å². The lowest BCUT2D eigenvalue weighted by Crippen LogP contribution is -2.42. The zero-order chi connectivity index (χ0) is 26.3. The molecule has 0 aliphatic carbocycles. The molecule has 15 heteroatoms. The summed E-state index contributed by atoms with van der Waals surface area (Å²) in [7, 11) is -2.06. The Hall–Kier alpha value is -2.32. The zero-order valence-electron chi connectivity index (χ0n) is 20.0. The van der Waals surface area contributed by atoms with E-state index >= 15 is 0 Å². The van der Waals surface area contributed by atoms with Crippen LogP contribution in [0.4, 0.5) is 0 Å². The second kappa shape index (κ2) is 12.6. The summed E-state index contributed by atoms with van der Waals surface area (Å²) in [6.45, 7) is 6.13. The number of rotatable bonds is 12. The molecule has 0 aromatic rings. The number of methoxy groups -OCH3 is 2. The molecule has 5 N–H and O–H groups in total. The molecule has 1 fully saturated rings. The summed E-state index contributed by atoms with van der Waals surface area (Å²) in [5, 5.41) is 23.5. The molecule has 2 rings (SSSR count). The fourth-order valence-corrected chi connectivity index (χ4v) is 4.74. The zero-order valence-corrected chi connectivity index (χ0v) is 20.9. The van der Waals surface area contributed by atoms with Gasteiger partial charge >= 0.3 is 19.7 Å². The van der Waals surface area contributed by atoms with E-state index < -0.39 is 63.5 Å². The lowest BCUT2D eigenvalue weighted by molar-refractivity contribution is -0.143. The van der Waals surface area contributed by atoms with E-state index in [9.17, 15) is 24.4 Å². The third-order valence-electron chi connectivity index (χ3n) is 5.07. The average molecular weight is 520 g/mol. The first kappa shape index (κ1) is 28.9. The van der Waals surface area contributed by atoms with Crippen molar-refractivity contribution in [2.45, 2.75) is 50.8 Å². The summed E-state index contributed by atoms with van der Waals surface area (Å²) in [5.74, 6) is -1.18. The Morgan fingerprint density at radius 2 is 1.97 bits per heavy atom. The SMILES string of the molecule is C=C1N=C(N)C=CN1[C@@H]1O[C@H](COP(=O)(N[C@@H](CC(C)C)C(=O)OC)OCC(=O)OC)[C@H](O)C1O. The Morgan fingerprint density at radius 1 is 1.29 bits per heavy atom. The number of nitrogens with two attached hydrogens (primary N) is 1. The van der Waals surface area contributed by atoms with Gasteiger partial charge in [-0.2, -0.15) is 0 Å². The van der Waals surface area contributed by atoms with Crippen molar-refractivity contribution in [3.63, 3.8) is 0 Å². The molecule has 0 spiro atoms. The van der Waals surface area contributed by atoms with Gasteiger partial charge in [0, 0.05) is 6.20 Å². The van der Waals surface area contributed by atoms with Gasteiger partial charge in [-0.1, -0.05) is 20.4 Å². The maximum Gasteiger partial charge on any atom is 0.406 e. The number of esters is 2. The van der Waals surface area contributed by atoms with Gasteiger partial charge in [0.1, 0.15) is 36.0 Å². The summed E-state index contributed by atoms with van der Waals surface area (Å²) in [5.41, 5.74) is 5.62. The highest BCUT2D eigenvalue weighted by Gasteiger charge is 2.47. The Labute approximate surface area is 203 Å². The van der Waals surface area contributed by atoms with Crippen molar-refractivity contribution in [1.82, 2.24) is 9.99 Å². The van der Waals surface area contributed by atoms with Crippen LogP contribution in [-0.2, 0) is 37.4 Å². The van der Waals surface area contributed by atoms with Crippen LogP contribution < -0.4 is 10.8 Å². The van der Waals surface area contributed by atoms with Crippen molar-refractivity contribution >= 4 is 25.5 Å². The number of hydrogen-bond donors (Lipinski definition) is 4. The molecule has 1 saturated heterocycles. The second-order valence-electron chi connectivity index (χ2n) is 8.20. The van der Waals surface area contributed by atoms with E-state index in [4.69, 9.17) is 24.3 Å². The minimum absolute atomic E-state index is 0.000979. The molecule has 0 aromatic carbocycles. The third kappa shape index (κ3) is 7.84. The monoisotopic (exact) mass is 520 g/mol. The maximum absolute atomic E-state index is 13.4. The van der Waals surface area contributed by atoms with Gasteiger partial charge in [0.05, 0.1) is 20.8 Å². The summed E-state index contributed by atoms with van der Waals surface area (Å²) >= 11 is 0. The van der Waals surface area contributed by atoms with Gasteiger partial charge in [0.15, 0.2) is 12.8 Å². The van der Waals surface area contributed by atoms with Crippen LogP contribution in [0.2, 0.25) is 0 Å². The minimum Gasteiger partial charge on any atom is -0.468 e. The second-order valence-corrected chi connectivity index (χ2v) is 9.97. The topological polar surface area (TPSA) is 191 Å². The highest BCUT2D eigenvalue weighted by molar-refractivity contribution is 7.51. The highest BCUT2D eigenvalue weighted by atomic mass is 31.2. The van der Waals surface area contributed by atoms with E-state index in [0.717, 1.165) is 7.11 Å². The first-order chi connectivity index (χ1) is 16.4. The molecule has 2 unspecified atom stereocenters. The van der Waals surface area contributed by atoms with E-state index in [-0.39, 0.29) is 24.0 Å². The maximum atomic E-state index is 13.4. The van der Waals surface area contributed by atoms with Gasteiger partial charge in [-0.15, -0.1) is 0 Å². The van der Waals surface area contributed by atoms with Crippen LogP contribution >= 0.6 is 7.75 Å². The number of carbonyl (C=O) groups is 2. The number of aliphatic hydroxyl groups excluding tert-OH is 2. The fourth-order valence-electron chi connectivity index (χ4n) is 3.30. The lowest BCUT2D eigenvalue weighted by atomic mass is 10.1. The fraction of sp³-hybridized carbons (Fsp3) is 0.650. The van der Waals surface area contributed by atoms with Crippen molar-refractivity contribution in [1.29, 1.82) is 0 Å².